The molecule has 3 aromatic carbocycles. The zero-order chi connectivity index (χ0) is 22.7. The lowest BCUT2D eigenvalue weighted by Gasteiger charge is -2.17. The zero-order valence-corrected chi connectivity index (χ0v) is 18.3. The predicted octanol–water partition coefficient (Wildman–Crippen LogP) is 5.66. The number of hydrogen-bond donors (Lipinski definition) is 1. The first-order valence-corrected chi connectivity index (χ1v) is 10.5. The molecule has 2 unspecified atom stereocenters. The molecule has 6 nitrogen and oxygen atoms in total. The van der Waals surface area contributed by atoms with E-state index in [1.54, 1.807) is 13.0 Å². The van der Waals surface area contributed by atoms with Crippen LogP contribution in [0.15, 0.2) is 71.1 Å². The SMILES string of the molecule is COc1cc2c(cc1NC(=O)C(C)OC(=O)CC(C)c1ccccc1)oc1ccccc12. The summed E-state index contributed by atoms with van der Waals surface area (Å²) in [5.41, 5.74) is 2.88. The average Bonchev–Trinajstić information content (AvgIpc) is 3.16. The van der Waals surface area contributed by atoms with E-state index >= 15 is 0 Å². The highest BCUT2D eigenvalue weighted by Crippen LogP contribution is 2.36. The van der Waals surface area contributed by atoms with Gasteiger partial charge in [0.05, 0.1) is 19.2 Å². The monoisotopic (exact) mass is 431 g/mol. The molecule has 1 heterocycles. The summed E-state index contributed by atoms with van der Waals surface area (Å²) in [5, 5.41) is 4.65. The number of ether oxygens (including phenoxy) is 2. The van der Waals surface area contributed by atoms with Gasteiger partial charge < -0.3 is 19.2 Å². The molecule has 1 amide bonds. The van der Waals surface area contributed by atoms with Crippen molar-refractivity contribution in [3.8, 4) is 5.75 Å². The molecular weight excluding hydrogens is 406 g/mol. The van der Waals surface area contributed by atoms with Crippen LogP contribution in [0.25, 0.3) is 21.9 Å². The molecule has 0 aliphatic carbocycles. The first-order chi connectivity index (χ1) is 15.5. The molecule has 0 aliphatic rings. The fourth-order valence-electron chi connectivity index (χ4n) is 3.70. The van der Waals surface area contributed by atoms with E-state index in [1.165, 1.54) is 7.11 Å². The Hall–Kier alpha value is -3.80. The Morgan fingerprint density at radius 3 is 2.41 bits per heavy atom. The summed E-state index contributed by atoms with van der Waals surface area (Å²) >= 11 is 0. The number of esters is 1. The number of carbonyl (C=O) groups is 2. The fraction of sp³-hybridized carbons (Fsp3) is 0.231. The number of rotatable bonds is 7. The van der Waals surface area contributed by atoms with Crippen molar-refractivity contribution in [2.24, 2.45) is 0 Å². The molecule has 0 aliphatic heterocycles. The van der Waals surface area contributed by atoms with Crippen LogP contribution in [-0.2, 0) is 14.3 Å². The van der Waals surface area contributed by atoms with Crippen molar-refractivity contribution in [3.05, 3.63) is 72.3 Å². The van der Waals surface area contributed by atoms with Crippen LogP contribution < -0.4 is 10.1 Å². The minimum atomic E-state index is -0.957. The Kier molecular flexibility index (Phi) is 6.12. The van der Waals surface area contributed by atoms with Crippen LogP contribution >= 0.6 is 0 Å². The highest BCUT2D eigenvalue weighted by molar-refractivity contribution is 6.08. The van der Waals surface area contributed by atoms with Gasteiger partial charge in [0, 0.05) is 16.8 Å². The summed E-state index contributed by atoms with van der Waals surface area (Å²) in [6.45, 7) is 3.50. The second-order valence-electron chi connectivity index (χ2n) is 7.78. The normalized spacial score (nSPS) is 13.0. The maximum absolute atomic E-state index is 12.7. The van der Waals surface area contributed by atoms with Crippen LogP contribution in [0.5, 0.6) is 5.75 Å². The molecule has 2 atom stereocenters. The fourth-order valence-corrected chi connectivity index (χ4v) is 3.70. The van der Waals surface area contributed by atoms with Gasteiger partial charge in [0.25, 0.3) is 5.91 Å². The number of fused-ring (bicyclic) bond motifs is 3. The second-order valence-corrected chi connectivity index (χ2v) is 7.78. The van der Waals surface area contributed by atoms with Gasteiger partial charge in [-0.05, 0) is 30.5 Å². The lowest BCUT2D eigenvalue weighted by Crippen LogP contribution is -2.30. The molecule has 1 aromatic heterocycles. The van der Waals surface area contributed by atoms with E-state index in [1.807, 2.05) is 67.6 Å². The highest BCUT2D eigenvalue weighted by atomic mass is 16.5. The maximum Gasteiger partial charge on any atom is 0.307 e. The zero-order valence-electron chi connectivity index (χ0n) is 18.3. The minimum absolute atomic E-state index is 0.00505. The maximum atomic E-state index is 12.7. The molecular formula is C26H25NO5. The van der Waals surface area contributed by atoms with E-state index in [-0.39, 0.29) is 12.3 Å². The Labute approximate surface area is 186 Å². The number of para-hydroxylation sites is 1. The third kappa shape index (κ3) is 4.44. The van der Waals surface area contributed by atoms with Gasteiger partial charge >= 0.3 is 5.97 Å². The predicted molar refractivity (Wildman–Crippen MR) is 124 cm³/mol. The second kappa shape index (κ2) is 9.14. The molecule has 164 valence electrons. The molecule has 0 saturated carbocycles. The lowest BCUT2D eigenvalue weighted by molar-refractivity contribution is -0.153. The molecule has 0 saturated heterocycles. The highest BCUT2D eigenvalue weighted by Gasteiger charge is 2.22. The number of hydrogen-bond acceptors (Lipinski definition) is 5. The summed E-state index contributed by atoms with van der Waals surface area (Å²) < 4.78 is 16.7. The van der Waals surface area contributed by atoms with Crippen LogP contribution in [0.1, 0.15) is 31.7 Å². The molecule has 4 rings (SSSR count). The Bertz CT molecular complexity index is 1260. The number of furan rings is 1. The van der Waals surface area contributed by atoms with Gasteiger partial charge in [-0.1, -0.05) is 55.5 Å². The number of benzene rings is 3. The van der Waals surface area contributed by atoms with Crippen LogP contribution in [0.3, 0.4) is 0 Å². The quantitative estimate of drug-likeness (QED) is 0.382. The van der Waals surface area contributed by atoms with E-state index in [4.69, 9.17) is 13.9 Å². The number of carbonyl (C=O) groups excluding carboxylic acids is 2. The summed E-state index contributed by atoms with van der Waals surface area (Å²) in [7, 11) is 1.54. The number of amides is 1. The average molecular weight is 431 g/mol. The van der Waals surface area contributed by atoms with Crippen molar-refractivity contribution in [3.63, 3.8) is 0 Å². The number of anilines is 1. The molecule has 6 heteroatoms. The standard InChI is InChI=1S/C26H25NO5/c1-16(18-9-5-4-6-10-18)13-25(28)31-17(2)26(29)27-21-15-23-20(14-24(21)30-3)19-11-7-8-12-22(19)32-23/h4-12,14-17H,13H2,1-3H3,(H,27,29). The van der Waals surface area contributed by atoms with Crippen LogP contribution in [0, 0.1) is 0 Å². The van der Waals surface area contributed by atoms with Crippen molar-refractivity contribution < 1.29 is 23.5 Å². The van der Waals surface area contributed by atoms with Crippen LogP contribution in [0.2, 0.25) is 0 Å². The minimum Gasteiger partial charge on any atom is -0.495 e. The largest absolute Gasteiger partial charge is 0.495 e. The summed E-state index contributed by atoms with van der Waals surface area (Å²) in [6.07, 6.45) is -0.767. The van der Waals surface area contributed by atoms with Gasteiger partial charge in [-0.2, -0.15) is 0 Å². The van der Waals surface area contributed by atoms with Crippen molar-refractivity contribution in [2.45, 2.75) is 32.3 Å². The van der Waals surface area contributed by atoms with Crippen LogP contribution in [-0.4, -0.2) is 25.1 Å². The van der Waals surface area contributed by atoms with E-state index in [2.05, 4.69) is 5.32 Å². The van der Waals surface area contributed by atoms with E-state index < -0.39 is 18.0 Å². The first-order valence-electron chi connectivity index (χ1n) is 10.5. The van der Waals surface area contributed by atoms with E-state index in [0.29, 0.717) is 17.0 Å². The molecule has 0 fully saturated rings. The third-order valence-corrected chi connectivity index (χ3v) is 5.48. The summed E-state index contributed by atoms with van der Waals surface area (Å²) in [5.74, 6) is -0.383. The molecule has 4 aromatic rings. The van der Waals surface area contributed by atoms with Gasteiger partial charge in [-0.25, -0.2) is 0 Å². The first kappa shape index (κ1) is 21.4. The van der Waals surface area contributed by atoms with Crippen molar-refractivity contribution in [1.29, 1.82) is 0 Å². The lowest BCUT2D eigenvalue weighted by atomic mass is 9.98. The van der Waals surface area contributed by atoms with Crippen LogP contribution in [0.4, 0.5) is 5.69 Å². The summed E-state index contributed by atoms with van der Waals surface area (Å²) in [4.78, 5) is 25.1. The van der Waals surface area contributed by atoms with E-state index in [0.717, 1.165) is 21.9 Å². The van der Waals surface area contributed by atoms with Gasteiger partial charge in [0.1, 0.15) is 16.9 Å². The Morgan fingerprint density at radius 2 is 1.66 bits per heavy atom. The Balaban J connectivity index is 1.45. The van der Waals surface area contributed by atoms with Gasteiger partial charge in [0.15, 0.2) is 6.10 Å². The third-order valence-electron chi connectivity index (χ3n) is 5.48. The molecule has 0 bridgehead atoms. The van der Waals surface area contributed by atoms with Gasteiger partial charge in [0.2, 0.25) is 0 Å². The van der Waals surface area contributed by atoms with Gasteiger partial charge in [-0.3, -0.25) is 9.59 Å². The topological polar surface area (TPSA) is 77.8 Å². The smallest absolute Gasteiger partial charge is 0.307 e. The molecule has 0 radical (unpaired) electrons. The van der Waals surface area contributed by atoms with Crippen molar-refractivity contribution in [1.82, 2.24) is 0 Å². The molecule has 0 spiro atoms. The number of nitrogens with one attached hydrogen (secondary N) is 1. The Morgan fingerprint density at radius 1 is 0.938 bits per heavy atom. The van der Waals surface area contributed by atoms with Crippen molar-refractivity contribution >= 4 is 39.5 Å². The van der Waals surface area contributed by atoms with Crippen molar-refractivity contribution in [2.75, 3.05) is 12.4 Å². The number of methoxy groups -OCH3 is 1. The molecule has 32 heavy (non-hydrogen) atoms. The molecule has 1 N–H and O–H groups in total. The van der Waals surface area contributed by atoms with Gasteiger partial charge in [-0.15, -0.1) is 0 Å². The van der Waals surface area contributed by atoms with E-state index in [9.17, 15) is 9.59 Å². The summed E-state index contributed by atoms with van der Waals surface area (Å²) in [6, 6.07) is 21.0.